The monoisotopic (exact) mass is 1190 g/mol. The lowest BCUT2D eigenvalue weighted by Gasteiger charge is -2.35. The van der Waals surface area contributed by atoms with Gasteiger partial charge >= 0.3 is 0 Å². The zero-order chi connectivity index (χ0) is 61.4. The third kappa shape index (κ3) is 8.74. The zero-order valence-electron chi connectivity index (χ0n) is 51.2. The zero-order valence-corrected chi connectivity index (χ0v) is 51.2. The molecule has 438 valence electrons. The van der Waals surface area contributed by atoms with E-state index < -0.39 is 5.41 Å². The fraction of sp³-hybridized carbons (Fsp3) is 0.0337. The summed E-state index contributed by atoms with van der Waals surface area (Å²) in [6.07, 6.45) is 6.72. The van der Waals surface area contributed by atoms with Crippen LogP contribution in [0.3, 0.4) is 0 Å². The van der Waals surface area contributed by atoms with Gasteiger partial charge in [0.2, 0.25) is 0 Å². The largest absolute Gasteiger partial charge is 0.310 e. The maximum Gasteiger partial charge on any atom is 0.0728 e. The molecule has 93 heavy (non-hydrogen) atoms. The van der Waals surface area contributed by atoms with Crippen molar-refractivity contribution in [2.75, 3.05) is 19.6 Å². The molecule has 0 atom stereocenters. The minimum atomic E-state index is -0.908. The number of benzene rings is 15. The van der Waals surface area contributed by atoms with E-state index in [9.17, 15) is 0 Å². The van der Waals surface area contributed by atoms with Gasteiger partial charge in [-0.15, -0.1) is 0 Å². The smallest absolute Gasteiger partial charge is 0.0728 e. The molecule has 0 saturated carbocycles. The number of nitrogens with zero attached hydrogens (tertiary/aromatic N) is 4. The summed E-state index contributed by atoms with van der Waals surface area (Å²) in [6.45, 7) is 0. The second-order valence-corrected chi connectivity index (χ2v) is 24.6. The molecular weight excluding hydrogens is 1130 g/mol. The Morgan fingerprint density at radius 1 is 0.237 bits per heavy atom. The molecule has 0 aliphatic heterocycles. The molecule has 1 spiro atoms. The predicted molar refractivity (Wildman–Crippen MR) is 391 cm³/mol. The quantitative estimate of drug-likeness (QED) is 0.121. The Labute approximate surface area is 542 Å². The maximum absolute atomic E-state index is 2.56. The Balaban J connectivity index is 0.971. The van der Waals surface area contributed by atoms with E-state index >= 15 is 0 Å². The number of allylic oxidation sites excluding steroid dienone is 1. The normalized spacial score (nSPS) is 12.9. The van der Waals surface area contributed by atoms with Crippen molar-refractivity contribution in [2.45, 2.75) is 18.3 Å². The molecule has 0 amide bonds. The number of rotatable bonds is 12. The van der Waals surface area contributed by atoms with Crippen LogP contribution in [0.5, 0.6) is 0 Å². The summed E-state index contributed by atoms with van der Waals surface area (Å²) in [4.78, 5) is 9.94. The van der Waals surface area contributed by atoms with Crippen molar-refractivity contribution >= 4 is 107 Å². The standard InChI is InChI=1S/C89H62N4/c1-5-33-65(34-6-1)90(85-45-21-29-61-25-13-17-41-73(61)85)69-49-53-77-78-54-50-70(91(66-35-7-2-8-36-66)86-46-22-30-62-26-14-18-42-74(62)86)58-82(78)89(81(77)57-69)83-59-71(92(67-37-9-3-10-38-67)87-47-23-31-63-27-15-19-43-75(63)87)51-55-79(83)80-56-52-72(60-84(80)89)93(68-39-11-4-12-40-68)88-48-24-32-64-28-16-20-44-76(64)88/h1-15,17-27,29-60H,16,28H2. The van der Waals surface area contributed by atoms with E-state index in [1.54, 1.807) is 0 Å². The van der Waals surface area contributed by atoms with Crippen molar-refractivity contribution in [1.82, 2.24) is 0 Å². The molecule has 15 aromatic carbocycles. The van der Waals surface area contributed by atoms with Crippen LogP contribution in [-0.2, 0) is 11.8 Å². The average molecular weight is 1190 g/mol. The van der Waals surface area contributed by atoms with Crippen molar-refractivity contribution in [3.8, 4) is 22.3 Å². The first kappa shape index (κ1) is 54.0. The third-order valence-electron chi connectivity index (χ3n) is 19.6. The van der Waals surface area contributed by atoms with Crippen molar-refractivity contribution < 1.29 is 0 Å². The highest BCUT2D eigenvalue weighted by Gasteiger charge is 2.53. The van der Waals surface area contributed by atoms with Crippen LogP contribution < -0.4 is 19.6 Å². The number of para-hydroxylation sites is 4. The van der Waals surface area contributed by atoms with E-state index in [2.05, 4.69) is 371 Å². The van der Waals surface area contributed by atoms with Crippen LogP contribution in [-0.4, -0.2) is 0 Å². The van der Waals surface area contributed by atoms with Crippen LogP contribution in [0.4, 0.5) is 68.2 Å². The van der Waals surface area contributed by atoms with Crippen molar-refractivity contribution in [3.63, 3.8) is 0 Å². The van der Waals surface area contributed by atoms with Gasteiger partial charge in [0.1, 0.15) is 0 Å². The number of fused-ring (bicyclic) bond motifs is 14. The van der Waals surface area contributed by atoms with Gasteiger partial charge in [-0.1, -0.05) is 231 Å². The summed E-state index contributed by atoms with van der Waals surface area (Å²) < 4.78 is 0. The van der Waals surface area contributed by atoms with Crippen LogP contribution in [0.15, 0.2) is 346 Å². The van der Waals surface area contributed by atoms with Crippen molar-refractivity contribution in [3.05, 3.63) is 379 Å². The lowest BCUT2D eigenvalue weighted by atomic mass is 9.70. The van der Waals surface area contributed by atoms with E-state index in [0.29, 0.717) is 0 Å². The lowest BCUT2D eigenvalue weighted by molar-refractivity contribution is 0.793. The second-order valence-electron chi connectivity index (χ2n) is 24.6. The Morgan fingerprint density at radius 3 is 0.882 bits per heavy atom. The average Bonchev–Trinajstić information content (AvgIpc) is 1.51. The first-order valence-corrected chi connectivity index (χ1v) is 32.4. The highest BCUT2D eigenvalue weighted by atomic mass is 15.2. The summed E-state index contributed by atoms with van der Waals surface area (Å²) in [5.74, 6) is 0. The molecule has 15 aromatic rings. The first-order valence-electron chi connectivity index (χ1n) is 32.4. The minimum Gasteiger partial charge on any atom is -0.310 e. The van der Waals surface area contributed by atoms with Gasteiger partial charge in [0.25, 0.3) is 0 Å². The topological polar surface area (TPSA) is 13.0 Å². The van der Waals surface area contributed by atoms with Gasteiger partial charge in [-0.25, -0.2) is 0 Å². The number of hydrogen-bond donors (Lipinski definition) is 0. The van der Waals surface area contributed by atoms with Gasteiger partial charge in [-0.2, -0.15) is 0 Å². The molecule has 0 heterocycles. The van der Waals surface area contributed by atoms with Crippen LogP contribution in [0.1, 0.15) is 39.8 Å². The van der Waals surface area contributed by atoms with Crippen LogP contribution in [0.2, 0.25) is 0 Å². The van der Waals surface area contributed by atoms with Gasteiger partial charge in [-0.3, -0.25) is 0 Å². The molecule has 0 bridgehead atoms. The number of anilines is 12. The molecule has 3 aliphatic rings. The molecule has 0 saturated heterocycles. The molecule has 0 radical (unpaired) electrons. The fourth-order valence-corrected chi connectivity index (χ4v) is 15.6. The molecular formula is C89H62N4. The summed E-state index contributed by atoms with van der Waals surface area (Å²) in [6, 6.07) is 127. The Hall–Kier alpha value is -12.0. The van der Waals surface area contributed by atoms with Gasteiger partial charge < -0.3 is 19.6 Å². The van der Waals surface area contributed by atoms with Crippen LogP contribution >= 0.6 is 0 Å². The van der Waals surface area contributed by atoms with E-state index in [4.69, 9.17) is 0 Å². The van der Waals surface area contributed by atoms with Gasteiger partial charge in [0, 0.05) is 67.2 Å². The fourth-order valence-electron chi connectivity index (χ4n) is 15.6. The van der Waals surface area contributed by atoms with E-state index in [1.165, 1.54) is 88.0 Å². The van der Waals surface area contributed by atoms with E-state index in [1.807, 2.05) is 0 Å². The van der Waals surface area contributed by atoms with E-state index in [-0.39, 0.29) is 0 Å². The highest BCUT2D eigenvalue weighted by molar-refractivity contribution is 6.05. The van der Waals surface area contributed by atoms with Crippen molar-refractivity contribution in [2.24, 2.45) is 0 Å². The second kappa shape index (κ2) is 22.2. The molecule has 4 nitrogen and oxygen atoms in total. The van der Waals surface area contributed by atoms with E-state index in [0.717, 1.165) is 81.1 Å². The molecule has 18 rings (SSSR count). The Kier molecular flexibility index (Phi) is 12.9. The minimum absolute atomic E-state index is 0.908. The summed E-state index contributed by atoms with van der Waals surface area (Å²) in [5.41, 5.74) is 24.6. The summed E-state index contributed by atoms with van der Waals surface area (Å²) in [5, 5.41) is 7.11. The molecule has 0 unspecified atom stereocenters. The van der Waals surface area contributed by atoms with Crippen LogP contribution in [0.25, 0.3) is 60.6 Å². The third-order valence-corrected chi connectivity index (χ3v) is 19.6. The Morgan fingerprint density at radius 2 is 0.527 bits per heavy atom. The van der Waals surface area contributed by atoms with Crippen molar-refractivity contribution in [1.29, 1.82) is 0 Å². The molecule has 3 aliphatic carbocycles. The highest BCUT2D eigenvalue weighted by Crippen LogP contribution is 2.66. The SMILES string of the molecule is C1=Cc2c(cccc2N(c2ccccc2)c2ccc3c(c2)C2(c4cc(N(c5ccccc5)c5cccc6ccccc56)ccc4-3)c3cc(N(c4ccccc4)c4cccc5ccccc45)ccc3-c3ccc(N(c4ccccc4)c4cccc5ccccc45)cc32)CC1. The van der Waals surface area contributed by atoms with Gasteiger partial charge in [0.05, 0.1) is 28.2 Å². The number of aryl methyl sites for hydroxylation is 1. The van der Waals surface area contributed by atoms with Crippen LogP contribution in [0, 0.1) is 0 Å². The maximum atomic E-state index is 2.56. The molecule has 0 N–H and O–H groups in total. The molecule has 0 aromatic heterocycles. The molecule has 4 heteroatoms. The number of hydrogen-bond acceptors (Lipinski definition) is 4. The Bertz CT molecular complexity index is 5050. The van der Waals surface area contributed by atoms with Gasteiger partial charge in [0.15, 0.2) is 0 Å². The summed E-state index contributed by atoms with van der Waals surface area (Å²) in [7, 11) is 0. The first-order chi connectivity index (χ1) is 46.2. The predicted octanol–water partition coefficient (Wildman–Crippen LogP) is 24.3. The lowest BCUT2D eigenvalue weighted by Crippen LogP contribution is -2.27. The van der Waals surface area contributed by atoms with Gasteiger partial charge in [-0.05, 0) is 200 Å². The molecule has 0 fully saturated rings. The summed E-state index contributed by atoms with van der Waals surface area (Å²) >= 11 is 0.